The number of carbonyl (C=O) groups excluding carboxylic acids is 3. The topological polar surface area (TPSA) is 90.9 Å². The van der Waals surface area contributed by atoms with Gasteiger partial charge in [-0.1, -0.05) is 0 Å². The molecule has 0 aliphatic rings. The Balaban J connectivity index is 4.84. The molecule has 0 saturated heterocycles. The molecule has 2 atom stereocenters. The lowest BCUT2D eigenvalue weighted by molar-refractivity contribution is -0.153. The Kier molecular flexibility index (Phi) is 6.31. The van der Waals surface area contributed by atoms with Gasteiger partial charge < -0.3 is 19.5 Å². The zero-order valence-electron chi connectivity index (χ0n) is 12.1. The molecule has 2 unspecified atom stereocenters. The summed E-state index contributed by atoms with van der Waals surface area (Å²) in [7, 11) is 2.36. The van der Waals surface area contributed by atoms with E-state index < -0.39 is 35.6 Å². The third-order valence-electron chi connectivity index (χ3n) is 2.20. The number of esters is 2. The van der Waals surface area contributed by atoms with Crippen LogP contribution in [0.5, 0.6) is 0 Å². The molecule has 1 amide bonds. The first-order valence-electron chi connectivity index (χ1n) is 5.77. The van der Waals surface area contributed by atoms with Crippen molar-refractivity contribution >= 4 is 18.0 Å². The quantitative estimate of drug-likeness (QED) is 0.604. The third kappa shape index (κ3) is 6.08. The molecule has 0 aromatic rings. The molecule has 7 heteroatoms. The molecular weight excluding hydrogens is 254 g/mol. The molecule has 0 bridgehead atoms. The molecule has 0 aromatic carbocycles. The standard InChI is InChI=1S/C12H21NO6/c1-7(9(14)17-5)8(10(15)18-6)13-11(16)19-12(2,3)4/h7-8H,1-6H3,(H,13,16). The lowest BCUT2D eigenvalue weighted by Crippen LogP contribution is -2.49. The maximum atomic E-state index is 11.6. The summed E-state index contributed by atoms with van der Waals surface area (Å²) in [4.78, 5) is 34.6. The average molecular weight is 275 g/mol. The van der Waals surface area contributed by atoms with Crippen LogP contribution in [0.25, 0.3) is 0 Å². The Morgan fingerprint density at radius 2 is 1.47 bits per heavy atom. The minimum atomic E-state index is -1.16. The summed E-state index contributed by atoms with van der Waals surface area (Å²) in [5.41, 5.74) is -0.709. The van der Waals surface area contributed by atoms with Crippen molar-refractivity contribution in [2.24, 2.45) is 5.92 Å². The molecule has 0 fully saturated rings. The predicted molar refractivity (Wildman–Crippen MR) is 66.4 cm³/mol. The molecule has 7 nitrogen and oxygen atoms in total. The van der Waals surface area contributed by atoms with Crippen LogP contribution in [-0.2, 0) is 23.8 Å². The van der Waals surface area contributed by atoms with E-state index in [4.69, 9.17) is 4.74 Å². The molecule has 0 rings (SSSR count). The van der Waals surface area contributed by atoms with Crippen LogP contribution in [0.3, 0.4) is 0 Å². The molecule has 0 saturated carbocycles. The minimum Gasteiger partial charge on any atom is -0.469 e. The average Bonchev–Trinajstić information content (AvgIpc) is 2.30. The van der Waals surface area contributed by atoms with Gasteiger partial charge in [0.15, 0.2) is 0 Å². The molecule has 0 spiro atoms. The van der Waals surface area contributed by atoms with Gasteiger partial charge in [0, 0.05) is 0 Å². The summed E-state index contributed by atoms with van der Waals surface area (Å²) in [5.74, 6) is -2.26. The SMILES string of the molecule is COC(=O)C(C)C(NC(=O)OC(C)(C)C)C(=O)OC. The van der Waals surface area contributed by atoms with Gasteiger partial charge in [-0.25, -0.2) is 9.59 Å². The number of hydrogen-bond acceptors (Lipinski definition) is 6. The van der Waals surface area contributed by atoms with Gasteiger partial charge >= 0.3 is 18.0 Å². The van der Waals surface area contributed by atoms with Crippen molar-refractivity contribution in [3.05, 3.63) is 0 Å². The minimum absolute atomic E-state index is 0.633. The fraction of sp³-hybridized carbons (Fsp3) is 0.750. The highest BCUT2D eigenvalue weighted by Gasteiger charge is 2.34. The van der Waals surface area contributed by atoms with Crippen molar-refractivity contribution < 1.29 is 28.6 Å². The lowest BCUT2D eigenvalue weighted by Gasteiger charge is -2.24. The van der Waals surface area contributed by atoms with Crippen molar-refractivity contribution in [1.82, 2.24) is 5.32 Å². The van der Waals surface area contributed by atoms with E-state index in [2.05, 4.69) is 14.8 Å². The highest BCUT2D eigenvalue weighted by molar-refractivity contribution is 5.87. The van der Waals surface area contributed by atoms with Crippen molar-refractivity contribution in [3.8, 4) is 0 Å². The summed E-state index contributed by atoms with van der Waals surface area (Å²) in [6.07, 6.45) is -0.807. The fourth-order valence-corrected chi connectivity index (χ4v) is 1.27. The number of rotatable bonds is 4. The predicted octanol–water partition coefficient (Wildman–Crippen LogP) is 0.862. The van der Waals surface area contributed by atoms with Crippen molar-refractivity contribution in [2.75, 3.05) is 14.2 Å². The summed E-state index contributed by atoms with van der Waals surface area (Å²) in [6.45, 7) is 6.50. The van der Waals surface area contributed by atoms with Crippen LogP contribution in [0.1, 0.15) is 27.7 Å². The van der Waals surface area contributed by atoms with E-state index in [-0.39, 0.29) is 0 Å². The first-order chi connectivity index (χ1) is 8.62. The van der Waals surface area contributed by atoms with Gasteiger partial charge in [0.1, 0.15) is 11.6 Å². The number of ether oxygens (including phenoxy) is 3. The lowest BCUT2D eigenvalue weighted by atomic mass is 10.0. The molecule has 110 valence electrons. The van der Waals surface area contributed by atoms with Gasteiger partial charge in [-0.2, -0.15) is 0 Å². The summed E-state index contributed by atoms with van der Waals surface area (Å²) < 4.78 is 14.1. The van der Waals surface area contributed by atoms with E-state index in [1.54, 1.807) is 20.8 Å². The third-order valence-corrected chi connectivity index (χ3v) is 2.20. The zero-order chi connectivity index (χ0) is 15.2. The van der Waals surface area contributed by atoms with Gasteiger partial charge in [0.2, 0.25) is 0 Å². The van der Waals surface area contributed by atoms with Gasteiger partial charge in [-0.15, -0.1) is 0 Å². The van der Waals surface area contributed by atoms with E-state index in [9.17, 15) is 14.4 Å². The van der Waals surface area contributed by atoms with E-state index in [1.165, 1.54) is 14.0 Å². The second kappa shape index (κ2) is 6.96. The molecule has 0 heterocycles. The smallest absolute Gasteiger partial charge is 0.408 e. The van der Waals surface area contributed by atoms with E-state index >= 15 is 0 Å². The van der Waals surface area contributed by atoms with Gasteiger partial charge in [-0.05, 0) is 27.7 Å². The van der Waals surface area contributed by atoms with Gasteiger partial charge in [0.25, 0.3) is 0 Å². The number of amides is 1. The zero-order valence-corrected chi connectivity index (χ0v) is 12.1. The second-order valence-electron chi connectivity index (χ2n) is 4.96. The van der Waals surface area contributed by atoms with Crippen LogP contribution < -0.4 is 5.32 Å². The fourth-order valence-electron chi connectivity index (χ4n) is 1.27. The second-order valence-corrected chi connectivity index (χ2v) is 4.96. The summed E-state index contributed by atoms with van der Waals surface area (Å²) in [6, 6.07) is -1.16. The van der Waals surface area contributed by atoms with Crippen LogP contribution in [0.2, 0.25) is 0 Å². The first kappa shape index (κ1) is 17.2. The number of methoxy groups -OCH3 is 2. The molecule has 0 aromatic heterocycles. The van der Waals surface area contributed by atoms with Crippen molar-refractivity contribution in [3.63, 3.8) is 0 Å². The Morgan fingerprint density at radius 1 is 1.00 bits per heavy atom. The first-order valence-corrected chi connectivity index (χ1v) is 5.77. The van der Waals surface area contributed by atoms with Gasteiger partial charge in [-0.3, -0.25) is 4.79 Å². The van der Waals surface area contributed by atoms with Crippen molar-refractivity contribution in [2.45, 2.75) is 39.3 Å². The van der Waals surface area contributed by atoms with Crippen LogP contribution in [0.4, 0.5) is 4.79 Å². The highest BCUT2D eigenvalue weighted by Crippen LogP contribution is 2.11. The molecule has 0 aliphatic carbocycles. The number of nitrogens with one attached hydrogen (secondary N) is 1. The van der Waals surface area contributed by atoms with Crippen molar-refractivity contribution in [1.29, 1.82) is 0 Å². The number of hydrogen-bond donors (Lipinski definition) is 1. The molecule has 1 N–H and O–H groups in total. The van der Waals surface area contributed by atoms with Gasteiger partial charge in [0.05, 0.1) is 20.1 Å². The Bertz CT molecular complexity index is 347. The van der Waals surface area contributed by atoms with Crippen LogP contribution in [0, 0.1) is 5.92 Å². The van der Waals surface area contributed by atoms with E-state index in [1.807, 2.05) is 0 Å². The molecule has 0 aliphatic heterocycles. The maximum absolute atomic E-state index is 11.6. The largest absolute Gasteiger partial charge is 0.469 e. The Labute approximate surface area is 112 Å². The van der Waals surface area contributed by atoms with Crippen LogP contribution >= 0.6 is 0 Å². The normalized spacial score (nSPS) is 14.0. The molecule has 0 radical (unpaired) electrons. The van der Waals surface area contributed by atoms with Crippen LogP contribution in [-0.4, -0.2) is 43.9 Å². The Morgan fingerprint density at radius 3 is 1.84 bits per heavy atom. The molecule has 19 heavy (non-hydrogen) atoms. The molecular formula is C12H21NO6. The van der Waals surface area contributed by atoms with Crippen LogP contribution in [0.15, 0.2) is 0 Å². The summed E-state index contributed by atoms with van der Waals surface area (Å²) >= 11 is 0. The maximum Gasteiger partial charge on any atom is 0.408 e. The number of carbonyl (C=O) groups is 3. The highest BCUT2D eigenvalue weighted by atomic mass is 16.6. The Hall–Kier alpha value is -1.79. The number of alkyl carbamates (subject to hydrolysis) is 1. The monoisotopic (exact) mass is 275 g/mol. The summed E-state index contributed by atoms with van der Waals surface area (Å²) in [5, 5.41) is 2.30. The van der Waals surface area contributed by atoms with E-state index in [0.717, 1.165) is 7.11 Å². The van der Waals surface area contributed by atoms with E-state index in [0.29, 0.717) is 0 Å².